The molecule has 76 valence electrons. The van der Waals surface area contributed by atoms with Gasteiger partial charge in [0.2, 0.25) is 0 Å². The van der Waals surface area contributed by atoms with Gasteiger partial charge in [0.15, 0.2) is 6.10 Å². The molecule has 0 N–H and O–H groups in total. The second kappa shape index (κ2) is 4.70. The van der Waals surface area contributed by atoms with Crippen LogP contribution in [-0.2, 0) is 4.74 Å². The summed E-state index contributed by atoms with van der Waals surface area (Å²) < 4.78 is 5.38. The fraction of sp³-hybridized carbons (Fsp3) is 0.286. The van der Waals surface area contributed by atoms with E-state index in [-0.39, 0.29) is 6.10 Å². The van der Waals surface area contributed by atoms with Gasteiger partial charge in [-0.05, 0) is 25.0 Å². The van der Waals surface area contributed by atoms with Gasteiger partial charge in [0.1, 0.15) is 0 Å². The van der Waals surface area contributed by atoms with Gasteiger partial charge in [-0.15, -0.1) is 0 Å². The van der Waals surface area contributed by atoms with Gasteiger partial charge in [-0.3, -0.25) is 0 Å². The molecule has 1 nitrogen and oxygen atoms in total. The number of ether oxygens (including phenoxy) is 1. The maximum Gasteiger partial charge on any atom is 0.161 e. The largest absolute Gasteiger partial charge is 0.486 e. The summed E-state index contributed by atoms with van der Waals surface area (Å²) in [6.07, 6.45) is 3.97. The van der Waals surface area contributed by atoms with E-state index in [1.165, 1.54) is 19.1 Å². The first-order valence-electron chi connectivity index (χ1n) is 5.23. The minimum atomic E-state index is 0.0303. The zero-order valence-corrected chi connectivity index (χ0v) is 8.65. The Hall–Kier alpha value is -1.68. The van der Waals surface area contributed by atoms with Gasteiger partial charge in [-0.25, -0.2) is 0 Å². The van der Waals surface area contributed by atoms with Crippen LogP contribution in [0.2, 0.25) is 0 Å². The summed E-state index contributed by atoms with van der Waals surface area (Å²) in [4.78, 5) is 0. The Bertz CT molecular complexity index is 379. The summed E-state index contributed by atoms with van der Waals surface area (Å²) in [5.41, 5.74) is 1.04. The van der Waals surface area contributed by atoms with Gasteiger partial charge in [-0.1, -0.05) is 36.6 Å². The Kier molecular flexibility index (Phi) is 3.09. The molecule has 1 saturated carbocycles. The van der Waals surface area contributed by atoms with Crippen LogP contribution in [0.1, 0.15) is 18.4 Å². The molecule has 1 unspecified atom stereocenters. The van der Waals surface area contributed by atoms with Crippen LogP contribution in [0, 0.1) is 17.8 Å². The van der Waals surface area contributed by atoms with Crippen molar-refractivity contribution >= 4 is 0 Å². The molecule has 1 atom stereocenters. The zero-order chi connectivity index (χ0) is 10.5. The van der Waals surface area contributed by atoms with Crippen LogP contribution in [-0.4, -0.2) is 6.10 Å². The average molecular weight is 198 g/mol. The molecule has 15 heavy (non-hydrogen) atoms. The van der Waals surface area contributed by atoms with E-state index in [2.05, 4.69) is 18.4 Å². The Balaban J connectivity index is 2.05. The molecular weight excluding hydrogens is 184 g/mol. The second-order valence-electron chi connectivity index (χ2n) is 3.70. The Morgan fingerprint density at radius 2 is 2.07 bits per heavy atom. The molecule has 0 radical (unpaired) electrons. The maximum atomic E-state index is 5.38. The lowest BCUT2D eigenvalue weighted by Crippen LogP contribution is -2.08. The number of benzene rings is 1. The lowest BCUT2D eigenvalue weighted by Gasteiger charge is -2.07. The smallest absolute Gasteiger partial charge is 0.161 e. The SMILES string of the molecule is C=COC(C#Cc1ccccc1)C1CC1. The van der Waals surface area contributed by atoms with E-state index in [4.69, 9.17) is 4.74 Å². The molecule has 0 bridgehead atoms. The van der Waals surface area contributed by atoms with Crippen molar-refractivity contribution in [2.24, 2.45) is 5.92 Å². The van der Waals surface area contributed by atoms with E-state index in [1.807, 2.05) is 30.3 Å². The van der Waals surface area contributed by atoms with Crippen molar-refractivity contribution in [2.45, 2.75) is 18.9 Å². The highest BCUT2D eigenvalue weighted by Crippen LogP contribution is 2.34. The molecule has 0 saturated heterocycles. The summed E-state index contributed by atoms with van der Waals surface area (Å²) >= 11 is 0. The first kappa shape index (κ1) is 9.86. The molecule has 0 amide bonds. The molecule has 1 fully saturated rings. The van der Waals surface area contributed by atoms with Crippen LogP contribution in [0.4, 0.5) is 0 Å². The van der Waals surface area contributed by atoms with Crippen molar-refractivity contribution in [1.82, 2.24) is 0 Å². The molecule has 0 aliphatic heterocycles. The molecule has 0 heterocycles. The summed E-state index contributed by atoms with van der Waals surface area (Å²) in [6.45, 7) is 3.58. The van der Waals surface area contributed by atoms with Crippen LogP contribution in [0.5, 0.6) is 0 Å². The summed E-state index contributed by atoms with van der Waals surface area (Å²) in [5.74, 6) is 6.89. The van der Waals surface area contributed by atoms with Crippen LogP contribution in [0.25, 0.3) is 0 Å². The van der Waals surface area contributed by atoms with Gasteiger partial charge in [0, 0.05) is 11.5 Å². The average Bonchev–Trinajstić information content (AvgIpc) is 3.09. The van der Waals surface area contributed by atoms with Crippen LogP contribution >= 0.6 is 0 Å². The fourth-order valence-electron chi connectivity index (χ4n) is 1.44. The maximum absolute atomic E-state index is 5.38. The third kappa shape index (κ3) is 2.89. The van der Waals surface area contributed by atoms with E-state index in [0.717, 1.165) is 5.56 Å². The van der Waals surface area contributed by atoms with Crippen LogP contribution < -0.4 is 0 Å². The minimum absolute atomic E-state index is 0.0303. The second-order valence-corrected chi connectivity index (χ2v) is 3.70. The van der Waals surface area contributed by atoms with Gasteiger partial charge in [0.05, 0.1) is 6.26 Å². The topological polar surface area (TPSA) is 9.23 Å². The molecule has 1 aromatic rings. The van der Waals surface area contributed by atoms with Crippen molar-refractivity contribution in [1.29, 1.82) is 0 Å². The van der Waals surface area contributed by atoms with Gasteiger partial charge >= 0.3 is 0 Å². The van der Waals surface area contributed by atoms with Crippen LogP contribution in [0.15, 0.2) is 43.2 Å². The standard InChI is InChI=1S/C14H14O/c1-2-15-14(13-9-10-13)11-8-12-6-4-3-5-7-12/h2-7,13-14H,1,9-10H2. The fourth-order valence-corrected chi connectivity index (χ4v) is 1.44. The van der Waals surface area contributed by atoms with E-state index in [0.29, 0.717) is 5.92 Å². The summed E-state index contributed by atoms with van der Waals surface area (Å²) in [5, 5.41) is 0. The molecule has 1 heteroatoms. The number of rotatable bonds is 3. The Morgan fingerprint density at radius 1 is 1.33 bits per heavy atom. The van der Waals surface area contributed by atoms with Crippen molar-refractivity contribution in [3.05, 3.63) is 48.7 Å². The molecular formula is C14H14O. The first-order chi connectivity index (χ1) is 7.40. The molecule has 1 aromatic carbocycles. The number of hydrogen-bond donors (Lipinski definition) is 0. The monoisotopic (exact) mass is 198 g/mol. The van der Waals surface area contributed by atoms with Crippen molar-refractivity contribution in [2.75, 3.05) is 0 Å². The van der Waals surface area contributed by atoms with Crippen molar-refractivity contribution < 1.29 is 4.74 Å². The molecule has 1 aliphatic carbocycles. The minimum Gasteiger partial charge on any atom is -0.486 e. The van der Waals surface area contributed by atoms with Gasteiger partial charge in [0.25, 0.3) is 0 Å². The van der Waals surface area contributed by atoms with E-state index in [1.54, 1.807) is 0 Å². The number of hydrogen-bond acceptors (Lipinski definition) is 1. The Morgan fingerprint density at radius 3 is 2.67 bits per heavy atom. The highest BCUT2D eigenvalue weighted by Gasteiger charge is 2.30. The highest BCUT2D eigenvalue weighted by atomic mass is 16.5. The quantitative estimate of drug-likeness (QED) is 0.536. The van der Waals surface area contributed by atoms with E-state index < -0.39 is 0 Å². The normalized spacial score (nSPS) is 16.0. The van der Waals surface area contributed by atoms with Crippen molar-refractivity contribution in [3.8, 4) is 11.8 Å². The summed E-state index contributed by atoms with van der Waals surface area (Å²) in [7, 11) is 0. The zero-order valence-electron chi connectivity index (χ0n) is 8.65. The third-order valence-electron chi connectivity index (χ3n) is 2.43. The molecule has 2 rings (SSSR count). The third-order valence-corrected chi connectivity index (χ3v) is 2.43. The lowest BCUT2D eigenvalue weighted by atomic mass is 10.2. The van der Waals surface area contributed by atoms with E-state index in [9.17, 15) is 0 Å². The molecule has 0 spiro atoms. The Labute approximate surface area is 90.8 Å². The first-order valence-corrected chi connectivity index (χ1v) is 5.23. The van der Waals surface area contributed by atoms with Crippen molar-refractivity contribution in [3.63, 3.8) is 0 Å². The predicted molar refractivity (Wildman–Crippen MR) is 61.1 cm³/mol. The van der Waals surface area contributed by atoms with Gasteiger partial charge < -0.3 is 4.74 Å². The highest BCUT2D eigenvalue weighted by molar-refractivity contribution is 5.34. The summed E-state index contributed by atoms with van der Waals surface area (Å²) in [6, 6.07) is 9.98. The molecule has 1 aliphatic rings. The molecule has 0 aromatic heterocycles. The predicted octanol–water partition coefficient (Wildman–Crippen LogP) is 2.98. The lowest BCUT2D eigenvalue weighted by molar-refractivity contribution is 0.175. The van der Waals surface area contributed by atoms with Gasteiger partial charge in [-0.2, -0.15) is 0 Å². The van der Waals surface area contributed by atoms with Crippen LogP contribution in [0.3, 0.4) is 0 Å². The van der Waals surface area contributed by atoms with E-state index >= 15 is 0 Å².